The predicted molar refractivity (Wildman–Crippen MR) is 77.3 cm³/mol. The van der Waals surface area contributed by atoms with Crippen LogP contribution in [0.2, 0.25) is 0 Å². The van der Waals surface area contributed by atoms with Crippen molar-refractivity contribution in [2.75, 3.05) is 13.7 Å². The molecule has 0 spiro atoms. The Kier molecular flexibility index (Phi) is 5.51. The maximum absolute atomic E-state index is 13.7. The van der Waals surface area contributed by atoms with Gasteiger partial charge in [0.15, 0.2) is 0 Å². The molecule has 3 N–H and O–H groups in total. The number of hydrogen-bond acceptors (Lipinski definition) is 3. The van der Waals surface area contributed by atoms with Crippen molar-refractivity contribution >= 4 is 5.91 Å². The second-order valence-corrected chi connectivity index (χ2v) is 6.08. The van der Waals surface area contributed by atoms with E-state index in [1.807, 2.05) is 0 Å². The standard InChI is InChI=1S/C15H23FN2O2/c1-15(2,3)8-10(17)9-18-14(19)12-6-5-11(20-4)7-13(12)16/h5-7,10H,8-9,17H2,1-4H3,(H,18,19). The fourth-order valence-corrected chi connectivity index (χ4v) is 1.98. The lowest BCUT2D eigenvalue weighted by molar-refractivity contribution is 0.0944. The van der Waals surface area contributed by atoms with Crippen molar-refractivity contribution in [2.45, 2.75) is 33.2 Å². The predicted octanol–water partition coefficient (Wildman–Crippen LogP) is 2.33. The third kappa shape index (κ3) is 5.17. The first-order valence-electron chi connectivity index (χ1n) is 6.60. The summed E-state index contributed by atoms with van der Waals surface area (Å²) >= 11 is 0. The Hall–Kier alpha value is -1.62. The van der Waals surface area contributed by atoms with Crippen LogP contribution < -0.4 is 15.8 Å². The van der Waals surface area contributed by atoms with Crippen LogP contribution in [0.1, 0.15) is 37.6 Å². The number of hydrogen-bond donors (Lipinski definition) is 2. The van der Waals surface area contributed by atoms with Crippen LogP contribution in [0.4, 0.5) is 4.39 Å². The van der Waals surface area contributed by atoms with Gasteiger partial charge in [0, 0.05) is 18.7 Å². The average molecular weight is 282 g/mol. The highest BCUT2D eigenvalue weighted by Crippen LogP contribution is 2.20. The molecule has 0 aliphatic carbocycles. The molecule has 5 heteroatoms. The summed E-state index contributed by atoms with van der Waals surface area (Å²) in [4.78, 5) is 11.9. The molecule has 20 heavy (non-hydrogen) atoms. The van der Waals surface area contributed by atoms with Crippen LogP contribution in [0.3, 0.4) is 0 Å². The Morgan fingerprint density at radius 3 is 2.60 bits per heavy atom. The molecule has 0 aliphatic rings. The van der Waals surface area contributed by atoms with E-state index in [0.717, 1.165) is 6.42 Å². The second kappa shape index (κ2) is 6.70. The van der Waals surface area contributed by atoms with Gasteiger partial charge in [0.25, 0.3) is 5.91 Å². The number of rotatable bonds is 5. The van der Waals surface area contributed by atoms with Crippen molar-refractivity contribution in [3.05, 3.63) is 29.6 Å². The van der Waals surface area contributed by atoms with Gasteiger partial charge in [-0.25, -0.2) is 4.39 Å². The van der Waals surface area contributed by atoms with E-state index in [1.165, 1.54) is 19.2 Å². The Morgan fingerprint density at radius 1 is 1.45 bits per heavy atom. The number of nitrogens with two attached hydrogens (primary N) is 1. The van der Waals surface area contributed by atoms with Gasteiger partial charge in [-0.15, -0.1) is 0 Å². The Bertz CT molecular complexity index is 469. The van der Waals surface area contributed by atoms with Crippen molar-refractivity contribution < 1.29 is 13.9 Å². The molecule has 0 aliphatic heterocycles. The molecule has 1 atom stereocenters. The molecule has 0 fully saturated rings. The summed E-state index contributed by atoms with van der Waals surface area (Å²) in [5.74, 6) is -0.691. The number of benzene rings is 1. The number of halogens is 1. The first-order valence-corrected chi connectivity index (χ1v) is 6.60. The second-order valence-electron chi connectivity index (χ2n) is 6.08. The van der Waals surface area contributed by atoms with Crippen LogP contribution in [-0.4, -0.2) is 25.6 Å². The highest BCUT2D eigenvalue weighted by Gasteiger charge is 2.17. The van der Waals surface area contributed by atoms with Gasteiger partial charge < -0.3 is 15.8 Å². The summed E-state index contributed by atoms with van der Waals surface area (Å²) in [6.07, 6.45) is 0.776. The number of amides is 1. The molecule has 0 saturated heterocycles. The summed E-state index contributed by atoms with van der Waals surface area (Å²) in [5.41, 5.74) is 6.03. The first kappa shape index (κ1) is 16.4. The summed E-state index contributed by atoms with van der Waals surface area (Å²) in [6, 6.07) is 3.98. The molecule has 0 saturated carbocycles. The van der Waals surface area contributed by atoms with E-state index in [1.54, 1.807) is 6.07 Å². The normalized spacial score (nSPS) is 12.9. The van der Waals surface area contributed by atoms with Crippen LogP contribution in [0.15, 0.2) is 18.2 Å². The smallest absolute Gasteiger partial charge is 0.254 e. The molecule has 0 radical (unpaired) electrons. The summed E-state index contributed by atoms with van der Waals surface area (Å²) in [7, 11) is 1.44. The number of carbonyl (C=O) groups is 1. The zero-order chi connectivity index (χ0) is 15.3. The van der Waals surface area contributed by atoms with E-state index in [9.17, 15) is 9.18 Å². The topological polar surface area (TPSA) is 64.3 Å². The SMILES string of the molecule is COc1ccc(C(=O)NCC(N)CC(C)(C)C)c(F)c1. The maximum Gasteiger partial charge on any atom is 0.254 e. The summed E-state index contributed by atoms with van der Waals surface area (Å²) in [5, 5.41) is 2.65. The molecule has 1 rings (SSSR count). The van der Waals surface area contributed by atoms with E-state index >= 15 is 0 Å². The highest BCUT2D eigenvalue weighted by molar-refractivity contribution is 5.94. The van der Waals surface area contributed by atoms with Crippen LogP contribution >= 0.6 is 0 Å². The summed E-state index contributed by atoms with van der Waals surface area (Å²) < 4.78 is 18.6. The van der Waals surface area contributed by atoms with Crippen LogP contribution in [-0.2, 0) is 0 Å². The van der Waals surface area contributed by atoms with Crippen LogP contribution in [0, 0.1) is 11.2 Å². The number of carbonyl (C=O) groups excluding carboxylic acids is 1. The van der Waals surface area contributed by atoms with Gasteiger partial charge in [-0.3, -0.25) is 4.79 Å². The molecular weight excluding hydrogens is 259 g/mol. The van der Waals surface area contributed by atoms with Gasteiger partial charge in [0.05, 0.1) is 12.7 Å². The maximum atomic E-state index is 13.7. The Balaban J connectivity index is 2.59. The number of methoxy groups -OCH3 is 1. The van der Waals surface area contributed by atoms with Gasteiger partial charge in [-0.05, 0) is 24.0 Å². The van der Waals surface area contributed by atoms with Crippen molar-refractivity contribution in [3.63, 3.8) is 0 Å². The quantitative estimate of drug-likeness (QED) is 0.871. The van der Waals surface area contributed by atoms with Crippen LogP contribution in [0.5, 0.6) is 5.75 Å². The third-order valence-corrected chi connectivity index (χ3v) is 2.82. The van der Waals surface area contributed by atoms with E-state index in [4.69, 9.17) is 10.5 Å². The van der Waals surface area contributed by atoms with Gasteiger partial charge in [0.2, 0.25) is 0 Å². The largest absolute Gasteiger partial charge is 0.497 e. The first-order chi connectivity index (χ1) is 9.23. The lowest BCUT2D eigenvalue weighted by Gasteiger charge is -2.23. The zero-order valence-electron chi connectivity index (χ0n) is 12.5. The molecule has 4 nitrogen and oxygen atoms in total. The molecule has 112 valence electrons. The van der Waals surface area contributed by atoms with Gasteiger partial charge >= 0.3 is 0 Å². The Morgan fingerprint density at radius 2 is 2.10 bits per heavy atom. The molecule has 0 heterocycles. The van der Waals surface area contributed by atoms with Crippen LogP contribution in [0.25, 0.3) is 0 Å². The molecule has 0 aromatic heterocycles. The zero-order valence-corrected chi connectivity index (χ0v) is 12.5. The lowest BCUT2D eigenvalue weighted by Crippen LogP contribution is -2.39. The van der Waals surface area contributed by atoms with Crippen molar-refractivity contribution in [2.24, 2.45) is 11.1 Å². The minimum absolute atomic E-state index is 0.00578. The minimum Gasteiger partial charge on any atom is -0.497 e. The lowest BCUT2D eigenvalue weighted by atomic mass is 9.88. The van der Waals surface area contributed by atoms with Crippen molar-refractivity contribution in [3.8, 4) is 5.75 Å². The fraction of sp³-hybridized carbons (Fsp3) is 0.533. The van der Waals surface area contributed by atoms with Gasteiger partial charge in [-0.2, -0.15) is 0 Å². The fourth-order valence-electron chi connectivity index (χ4n) is 1.98. The monoisotopic (exact) mass is 282 g/mol. The molecule has 1 amide bonds. The molecule has 1 unspecified atom stereocenters. The molecule has 1 aromatic rings. The van der Waals surface area contributed by atoms with E-state index in [2.05, 4.69) is 26.1 Å². The minimum atomic E-state index is -0.605. The van der Waals surface area contributed by atoms with E-state index in [0.29, 0.717) is 12.3 Å². The highest BCUT2D eigenvalue weighted by atomic mass is 19.1. The van der Waals surface area contributed by atoms with E-state index < -0.39 is 11.7 Å². The molecular formula is C15H23FN2O2. The average Bonchev–Trinajstić information content (AvgIpc) is 2.33. The van der Waals surface area contributed by atoms with Crippen molar-refractivity contribution in [1.29, 1.82) is 0 Å². The van der Waals surface area contributed by atoms with Crippen molar-refractivity contribution in [1.82, 2.24) is 5.32 Å². The molecule has 1 aromatic carbocycles. The third-order valence-electron chi connectivity index (χ3n) is 2.82. The Labute approximate surface area is 119 Å². The summed E-state index contributed by atoms with van der Waals surface area (Å²) in [6.45, 7) is 6.56. The number of ether oxygens (including phenoxy) is 1. The molecule has 0 bridgehead atoms. The van der Waals surface area contributed by atoms with Gasteiger partial charge in [-0.1, -0.05) is 20.8 Å². The number of nitrogens with one attached hydrogen (secondary N) is 1. The van der Waals surface area contributed by atoms with Gasteiger partial charge in [0.1, 0.15) is 11.6 Å². The van der Waals surface area contributed by atoms with E-state index in [-0.39, 0.29) is 17.0 Å².